The molecule has 7 nitrogen and oxygen atoms in total. The molecule has 4 rings (SSSR count). The van der Waals surface area contributed by atoms with Gasteiger partial charge in [-0.2, -0.15) is 0 Å². The maximum absolute atomic E-state index is 13.0. The second-order valence-electron chi connectivity index (χ2n) is 8.93. The summed E-state index contributed by atoms with van der Waals surface area (Å²) in [4.78, 5) is 27.2. The minimum atomic E-state index is -3.75. The van der Waals surface area contributed by atoms with Gasteiger partial charge in [0.2, 0.25) is 5.91 Å². The Morgan fingerprint density at radius 2 is 1.70 bits per heavy atom. The van der Waals surface area contributed by atoms with Crippen LogP contribution in [0.25, 0.3) is 0 Å². The summed E-state index contributed by atoms with van der Waals surface area (Å²) in [5.41, 5.74) is 1.87. The summed E-state index contributed by atoms with van der Waals surface area (Å²) in [7, 11) is -3.75. The number of hydrogen-bond acceptors (Lipinski definition) is 4. The minimum absolute atomic E-state index is 0.0449. The zero-order valence-corrected chi connectivity index (χ0v) is 19.7. The fourth-order valence-electron chi connectivity index (χ4n) is 4.13. The van der Waals surface area contributed by atoms with Crippen molar-refractivity contribution in [2.24, 2.45) is 5.92 Å². The lowest BCUT2D eigenvalue weighted by atomic mass is 9.95. The maximum Gasteiger partial charge on any atom is 0.261 e. The van der Waals surface area contributed by atoms with Crippen LogP contribution in [0, 0.1) is 5.92 Å². The molecule has 0 atom stereocenters. The fourth-order valence-corrected chi connectivity index (χ4v) is 5.18. The summed E-state index contributed by atoms with van der Waals surface area (Å²) >= 11 is 0. The fraction of sp³-hybridized carbons (Fsp3) is 0.440. The summed E-state index contributed by atoms with van der Waals surface area (Å²) in [5.74, 6) is -0.0961. The Balaban J connectivity index is 1.38. The number of likely N-dealkylation sites (tertiary alicyclic amines) is 1. The molecule has 2 aromatic rings. The molecule has 2 N–H and O–H groups in total. The lowest BCUT2D eigenvalue weighted by molar-refractivity contribution is -0.126. The molecule has 2 aromatic carbocycles. The number of sulfonamides is 1. The molecule has 8 heteroatoms. The highest BCUT2D eigenvalue weighted by molar-refractivity contribution is 7.92. The van der Waals surface area contributed by atoms with E-state index >= 15 is 0 Å². The van der Waals surface area contributed by atoms with Gasteiger partial charge >= 0.3 is 0 Å². The van der Waals surface area contributed by atoms with Crippen molar-refractivity contribution in [2.45, 2.75) is 56.4 Å². The first kappa shape index (κ1) is 23.3. The summed E-state index contributed by atoms with van der Waals surface area (Å²) in [6, 6.07) is 13.8. The van der Waals surface area contributed by atoms with E-state index in [1.807, 2.05) is 12.1 Å². The van der Waals surface area contributed by atoms with E-state index in [-0.39, 0.29) is 22.6 Å². The third-order valence-electron chi connectivity index (χ3n) is 6.21. The average molecular weight is 470 g/mol. The molecule has 1 saturated carbocycles. The van der Waals surface area contributed by atoms with Crippen LogP contribution in [0.15, 0.2) is 53.4 Å². The first-order chi connectivity index (χ1) is 15.9. The minimum Gasteiger partial charge on any atom is -0.353 e. The smallest absolute Gasteiger partial charge is 0.261 e. The van der Waals surface area contributed by atoms with Crippen LogP contribution in [0.1, 0.15) is 54.9 Å². The van der Waals surface area contributed by atoms with Gasteiger partial charge in [0.1, 0.15) is 0 Å². The van der Waals surface area contributed by atoms with Crippen LogP contribution < -0.4 is 10.0 Å². The average Bonchev–Trinajstić information content (AvgIpc) is 3.63. The molecule has 1 heterocycles. The van der Waals surface area contributed by atoms with Gasteiger partial charge in [-0.15, -0.1) is 0 Å². The van der Waals surface area contributed by atoms with Crippen molar-refractivity contribution in [3.63, 3.8) is 0 Å². The van der Waals surface area contributed by atoms with Crippen molar-refractivity contribution < 1.29 is 18.0 Å². The Hall–Kier alpha value is -2.87. The summed E-state index contributed by atoms with van der Waals surface area (Å²) < 4.78 is 28.2. The predicted octanol–water partition coefficient (Wildman–Crippen LogP) is 3.57. The standard InChI is InChI=1S/C25H31N3O4S/c1-2-4-18-7-11-23(12-8-18)33(31,32)27-22-6-3-5-20(17-22)25(30)28-15-13-19(14-16-28)24(29)26-21-9-10-21/h3,5-8,11-12,17,19,21,27H,2,4,9-10,13-16H2,1H3,(H,26,29). The zero-order chi connectivity index (χ0) is 23.4. The molecule has 176 valence electrons. The van der Waals surface area contributed by atoms with Gasteiger partial charge in [0.05, 0.1) is 4.90 Å². The van der Waals surface area contributed by atoms with Crippen LogP contribution in [0.2, 0.25) is 0 Å². The molecule has 1 saturated heterocycles. The van der Waals surface area contributed by atoms with Crippen LogP contribution in [-0.2, 0) is 21.2 Å². The van der Waals surface area contributed by atoms with E-state index in [4.69, 9.17) is 0 Å². The van der Waals surface area contributed by atoms with E-state index < -0.39 is 10.0 Å². The molecule has 1 aliphatic heterocycles. The third-order valence-corrected chi connectivity index (χ3v) is 7.61. The second kappa shape index (κ2) is 9.95. The number of carbonyl (C=O) groups excluding carboxylic acids is 2. The number of nitrogens with one attached hydrogen (secondary N) is 2. The zero-order valence-electron chi connectivity index (χ0n) is 18.9. The normalized spacial score (nSPS) is 16.9. The molecule has 2 fully saturated rings. The van der Waals surface area contributed by atoms with E-state index in [0.717, 1.165) is 31.2 Å². The quantitative estimate of drug-likeness (QED) is 0.618. The molecule has 0 bridgehead atoms. The Morgan fingerprint density at radius 3 is 2.33 bits per heavy atom. The number of aryl methyl sites for hydroxylation is 1. The first-order valence-electron chi connectivity index (χ1n) is 11.7. The van der Waals surface area contributed by atoms with Gasteiger partial charge in [-0.05, 0) is 68.0 Å². The van der Waals surface area contributed by atoms with E-state index in [2.05, 4.69) is 17.0 Å². The Bertz CT molecular complexity index is 1100. The molecule has 1 aliphatic carbocycles. The van der Waals surface area contributed by atoms with Crippen LogP contribution in [0.4, 0.5) is 5.69 Å². The van der Waals surface area contributed by atoms with Crippen LogP contribution in [0.3, 0.4) is 0 Å². The van der Waals surface area contributed by atoms with Gasteiger partial charge < -0.3 is 10.2 Å². The number of benzene rings is 2. The number of amides is 2. The lowest BCUT2D eigenvalue weighted by Gasteiger charge is -2.31. The second-order valence-corrected chi connectivity index (χ2v) is 10.6. The van der Waals surface area contributed by atoms with Crippen molar-refractivity contribution >= 4 is 27.5 Å². The van der Waals surface area contributed by atoms with Crippen LogP contribution in [-0.4, -0.2) is 44.3 Å². The highest BCUT2D eigenvalue weighted by Gasteiger charge is 2.31. The monoisotopic (exact) mass is 469 g/mol. The van der Waals surface area contributed by atoms with E-state index in [1.54, 1.807) is 41.3 Å². The molecule has 33 heavy (non-hydrogen) atoms. The SMILES string of the molecule is CCCc1ccc(S(=O)(=O)Nc2cccc(C(=O)N3CCC(C(=O)NC4CC4)CC3)c2)cc1. The lowest BCUT2D eigenvalue weighted by Crippen LogP contribution is -2.43. The summed E-state index contributed by atoms with van der Waals surface area (Å²) in [6.07, 6.45) is 5.31. The Labute approximate surface area is 195 Å². The number of nitrogens with zero attached hydrogens (tertiary/aromatic N) is 1. The largest absolute Gasteiger partial charge is 0.353 e. The van der Waals surface area contributed by atoms with Crippen molar-refractivity contribution in [2.75, 3.05) is 17.8 Å². The summed E-state index contributed by atoms with van der Waals surface area (Å²) in [6.45, 7) is 3.11. The van der Waals surface area contributed by atoms with E-state index in [0.29, 0.717) is 43.2 Å². The number of anilines is 1. The van der Waals surface area contributed by atoms with Gasteiger partial charge in [0.25, 0.3) is 15.9 Å². The van der Waals surface area contributed by atoms with Gasteiger partial charge in [0, 0.05) is 36.3 Å². The van der Waals surface area contributed by atoms with Gasteiger partial charge in [0.15, 0.2) is 0 Å². The molecule has 0 radical (unpaired) electrons. The molecule has 0 aromatic heterocycles. The van der Waals surface area contributed by atoms with Crippen LogP contribution >= 0.6 is 0 Å². The van der Waals surface area contributed by atoms with Crippen molar-refractivity contribution in [3.05, 3.63) is 59.7 Å². The van der Waals surface area contributed by atoms with Crippen LogP contribution in [0.5, 0.6) is 0 Å². The van der Waals surface area contributed by atoms with Gasteiger partial charge in [-0.25, -0.2) is 8.42 Å². The summed E-state index contributed by atoms with van der Waals surface area (Å²) in [5, 5.41) is 3.04. The highest BCUT2D eigenvalue weighted by atomic mass is 32.2. The maximum atomic E-state index is 13.0. The molecule has 2 amide bonds. The van der Waals surface area contributed by atoms with Crippen molar-refractivity contribution in [3.8, 4) is 0 Å². The third kappa shape index (κ3) is 5.93. The van der Waals surface area contributed by atoms with Crippen molar-refractivity contribution in [1.82, 2.24) is 10.2 Å². The van der Waals surface area contributed by atoms with E-state index in [1.165, 1.54) is 0 Å². The highest BCUT2D eigenvalue weighted by Crippen LogP contribution is 2.24. The van der Waals surface area contributed by atoms with E-state index in [9.17, 15) is 18.0 Å². The number of hydrogen-bond donors (Lipinski definition) is 2. The molecular formula is C25H31N3O4S. The predicted molar refractivity (Wildman–Crippen MR) is 127 cm³/mol. The number of rotatable bonds is 8. The topological polar surface area (TPSA) is 95.6 Å². The first-order valence-corrected chi connectivity index (χ1v) is 13.2. The Morgan fingerprint density at radius 1 is 1.00 bits per heavy atom. The van der Waals surface area contributed by atoms with Gasteiger partial charge in [-0.1, -0.05) is 31.5 Å². The molecular weight excluding hydrogens is 438 g/mol. The number of piperidine rings is 1. The molecule has 0 spiro atoms. The van der Waals surface area contributed by atoms with Gasteiger partial charge in [-0.3, -0.25) is 14.3 Å². The molecule has 0 unspecified atom stereocenters. The Kier molecular flexibility index (Phi) is 7.02. The number of carbonyl (C=O) groups is 2. The molecule has 2 aliphatic rings. The van der Waals surface area contributed by atoms with Crippen molar-refractivity contribution in [1.29, 1.82) is 0 Å².